The maximum atomic E-state index is 10.0. The fourth-order valence-electron chi connectivity index (χ4n) is 1.12. The van der Waals surface area contributed by atoms with Crippen LogP contribution >= 0.6 is 0 Å². The van der Waals surface area contributed by atoms with Crippen molar-refractivity contribution in [3.05, 3.63) is 35.9 Å². The molecule has 0 unspecified atom stereocenters. The minimum Gasteiger partial charge on any atom is -0.358 e. The molecule has 0 aliphatic rings. The van der Waals surface area contributed by atoms with Gasteiger partial charge in [0, 0.05) is 7.97 Å². The van der Waals surface area contributed by atoms with E-state index in [1.165, 1.54) is 5.56 Å². The standard InChI is InChI=1S/C10H13NO.H2/c1-9(7-11-8-12)10-5-3-2-4-6-10;/h2-6,8-9H,7H2,1H3,(H,11,12);1H/t9-;/m1./s1. The second-order valence-electron chi connectivity index (χ2n) is 2.84. The Hall–Kier alpha value is -1.31. The van der Waals surface area contributed by atoms with Crippen LogP contribution < -0.4 is 5.32 Å². The zero-order valence-electron chi connectivity index (χ0n) is 7.16. The van der Waals surface area contributed by atoms with Gasteiger partial charge < -0.3 is 5.32 Å². The third-order valence-electron chi connectivity index (χ3n) is 1.88. The van der Waals surface area contributed by atoms with E-state index in [1.807, 2.05) is 18.2 Å². The van der Waals surface area contributed by atoms with Crippen molar-refractivity contribution in [2.75, 3.05) is 6.54 Å². The third-order valence-corrected chi connectivity index (χ3v) is 1.88. The summed E-state index contributed by atoms with van der Waals surface area (Å²) in [5, 5.41) is 2.67. The van der Waals surface area contributed by atoms with Crippen LogP contribution in [0.1, 0.15) is 19.8 Å². The van der Waals surface area contributed by atoms with Crippen molar-refractivity contribution in [2.24, 2.45) is 0 Å². The maximum Gasteiger partial charge on any atom is 0.207 e. The number of benzene rings is 1. The molecular weight excluding hydrogens is 150 g/mol. The maximum absolute atomic E-state index is 10.0. The molecule has 0 saturated carbocycles. The molecule has 66 valence electrons. The van der Waals surface area contributed by atoms with E-state index in [1.54, 1.807) is 0 Å². The van der Waals surface area contributed by atoms with E-state index in [0.717, 1.165) is 6.41 Å². The molecule has 0 aromatic heterocycles. The monoisotopic (exact) mass is 165 g/mol. The van der Waals surface area contributed by atoms with Gasteiger partial charge in [-0.3, -0.25) is 4.79 Å². The summed E-state index contributed by atoms with van der Waals surface area (Å²) in [6.07, 6.45) is 0.736. The number of rotatable bonds is 4. The summed E-state index contributed by atoms with van der Waals surface area (Å²) in [6.45, 7) is 2.79. The van der Waals surface area contributed by atoms with E-state index in [-0.39, 0.29) is 1.43 Å². The SMILES string of the molecule is C[C@H](CNC=O)c1ccccc1.[HH]. The van der Waals surface area contributed by atoms with Gasteiger partial charge >= 0.3 is 0 Å². The molecule has 1 N–H and O–H groups in total. The topological polar surface area (TPSA) is 29.1 Å². The molecule has 0 saturated heterocycles. The van der Waals surface area contributed by atoms with Gasteiger partial charge in [-0.2, -0.15) is 0 Å². The van der Waals surface area contributed by atoms with Crippen molar-refractivity contribution in [3.63, 3.8) is 0 Å². The van der Waals surface area contributed by atoms with Gasteiger partial charge in [0.25, 0.3) is 0 Å². The number of hydrogen-bond donors (Lipinski definition) is 1. The predicted molar refractivity (Wildman–Crippen MR) is 51.0 cm³/mol. The average molecular weight is 165 g/mol. The van der Waals surface area contributed by atoms with Crippen LogP contribution in [0.15, 0.2) is 30.3 Å². The summed E-state index contributed by atoms with van der Waals surface area (Å²) in [5.74, 6) is 0.386. The highest BCUT2D eigenvalue weighted by Crippen LogP contribution is 2.12. The van der Waals surface area contributed by atoms with Crippen molar-refractivity contribution in [2.45, 2.75) is 12.8 Å². The van der Waals surface area contributed by atoms with Gasteiger partial charge in [-0.15, -0.1) is 0 Å². The highest BCUT2D eigenvalue weighted by Gasteiger charge is 2.02. The van der Waals surface area contributed by atoms with Crippen LogP contribution in [0.4, 0.5) is 0 Å². The molecule has 1 amide bonds. The van der Waals surface area contributed by atoms with E-state index in [0.29, 0.717) is 12.5 Å². The lowest BCUT2D eigenvalue weighted by atomic mass is 10.0. The van der Waals surface area contributed by atoms with E-state index in [4.69, 9.17) is 0 Å². The Morgan fingerprint density at radius 1 is 1.50 bits per heavy atom. The molecule has 0 spiro atoms. The lowest BCUT2D eigenvalue weighted by Gasteiger charge is -2.09. The van der Waals surface area contributed by atoms with Crippen LogP contribution in [0.2, 0.25) is 0 Å². The Kier molecular flexibility index (Phi) is 3.33. The van der Waals surface area contributed by atoms with Crippen LogP contribution in [0.25, 0.3) is 0 Å². The molecule has 0 aliphatic carbocycles. The number of amides is 1. The van der Waals surface area contributed by atoms with Gasteiger partial charge in [0.1, 0.15) is 0 Å². The quantitative estimate of drug-likeness (QED) is 0.677. The van der Waals surface area contributed by atoms with Crippen LogP contribution in [-0.4, -0.2) is 13.0 Å². The first kappa shape index (κ1) is 8.78. The molecule has 1 aromatic rings. The summed E-state index contributed by atoms with van der Waals surface area (Å²) in [4.78, 5) is 10.0. The fourth-order valence-corrected chi connectivity index (χ4v) is 1.12. The molecular formula is C10H15NO. The van der Waals surface area contributed by atoms with E-state index < -0.39 is 0 Å². The third kappa shape index (κ3) is 2.38. The number of hydrogen-bond acceptors (Lipinski definition) is 1. The second-order valence-corrected chi connectivity index (χ2v) is 2.84. The lowest BCUT2D eigenvalue weighted by Crippen LogP contribution is -2.17. The van der Waals surface area contributed by atoms with Crippen LogP contribution in [0.5, 0.6) is 0 Å². The van der Waals surface area contributed by atoms with Gasteiger partial charge in [0.2, 0.25) is 6.41 Å². The second kappa shape index (κ2) is 4.54. The molecule has 0 radical (unpaired) electrons. The minimum absolute atomic E-state index is 0. The van der Waals surface area contributed by atoms with E-state index >= 15 is 0 Å². The predicted octanol–water partition coefficient (Wildman–Crippen LogP) is 1.78. The van der Waals surface area contributed by atoms with Gasteiger partial charge in [0.05, 0.1) is 0 Å². The Morgan fingerprint density at radius 3 is 2.75 bits per heavy atom. The summed E-state index contributed by atoms with van der Waals surface area (Å²) in [6, 6.07) is 10.1. The number of carbonyl (C=O) groups excluding carboxylic acids is 1. The average Bonchev–Trinajstić information content (AvgIpc) is 2.15. The molecule has 0 bridgehead atoms. The molecule has 1 aromatic carbocycles. The van der Waals surface area contributed by atoms with Crippen molar-refractivity contribution >= 4 is 6.41 Å². The van der Waals surface area contributed by atoms with E-state index in [2.05, 4.69) is 24.4 Å². The molecule has 1 rings (SSSR count). The number of nitrogens with one attached hydrogen (secondary N) is 1. The molecule has 0 heterocycles. The minimum atomic E-state index is 0. The first-order valence-corrected chi connectivity index (χ1v) is 4.06. The normalized spacial score (nSPS) is 12.1. The highest BCUT2D eigenvalue weighted by atomic mass is 16.1. The van der Waals surface area contributed by atoms with Crippen LogP contribution in [0, 0.1) is 0 Å². The van der Waals surface area contributed by atoms with Gasteiger partial charge in [-0.05, 0) is 11.5 Å². The molecule has 12 heavy (non-hydrogen) atoms. The Labute approximate surface area is 74.1 Å². The van der Waals surface area contributed by atoms with Gasteiger partial charge in [0.15, 0.2) is 0 Å². The molecule has 2 nitrogen and oxygen atoms in total. The molecule has 0 fully saturated rings. The van der Waals surface area contributed by atoms with Gasteiger partial charge in [-0.25, -0.2) is 0 Å². The summed E-state index contributed by atoms with van der Waals surface area (Å²) >= 11 is 0. The molecule has 0 aliphatic heterocycles. The summed E-state index contributed by atoms with van der Waals surface area (Å²) < 4.78 is 0. The molecule has 1 atom stereocenters. The lowest BCUT2D eigenvalue weighted by molar-refractivity contribution is -0.109. The Bertz CT molecular complexity index is 238. The Balaban J connectivity index is 0.00000144. The van der Waals surface area contributed by atoms with Gasteiger partial charge in [-0.1, -0.05) is 37.3 Å². The van der Waals surface area contributed by atoms with Crippen LogP contribution in [0.3, 0.4) is 0 Å². The van der Waals surface area contributed by atoms with Crippen molar-refractivity contribution < 1.29 is 6.22 Å². The largest absolute Gasteiger partial charge is 0.358 e. The first-order valence-electron chi connectivity index (χ1n) is 4.06. The zero-order chi connectivity index (χ0) is 8.81. The fraction of sp³-hybridized carbons (Fsp3) is 0.300. The van der Waals surface area contributed by atoms with Crippen molar-refractivity contribution in [1.29, 1.82) is 0 Å². The number of carbonyl (C=O) groups is 1. The van der Waals surface area contributed by atoms with Crippen molar-refractivity contribution in [3.8, 4) is 0 Å². The molecule has 2 heteroatoms. The zero-order valence-corrected chi connectivity index (χ0v) is 7.16. The van der Waals surface area contributed by atoms with E-state index in [9.17, 15) is 4.79 Å². The Morgan fingerprint density at radius 2 is 2.17 bits per heavy atom. The first-order chi connectivity index (χ1) is 5.84. The highest BCUT2D eigenvalue weighted by molar-refractivity contribution is 5.46. The summed E-state index contributed by atoms with van der Waals surface area (Å²) in [5.41, 5.74) is 1.26. The smallest absolute Gasteiger partial charge is 0.207 e. The van der Waals surface area contributed by atoms with Crippen LogP contribution in [-0.2, 0) is 4.79 Å². The van der Waals surface area contributed by atoms with Crippen molar-refractivity contribution in [1.82, 2.24) is 5.32 Å². The summed E-state index contributed by atoms with van der Waals surface area (Å²) in [7, 11) is 0.